The van der Waals surface area contributed by atoms with Crippen LogP contribution in [0.5, 0.6) is 23.0 Å². The van der Waals surface area contributed by atoms with Gasteiger partial charge in [-0.05, 0) is 75.1 Å². The minimum Gasteiger partial charge on any atom is -0.493 e. The highest BCUT2D eigenvalue weighted by Gasteiger charge is 2.13. The number of amides is 1. The third-order valence-corrected chi connectivity index (χ3v) is 6.71. The van der Waals surface area contributed by atoms with Crippen LogP contribution in [-0.4, -0.2) is 26.3 Å². The van der Waals surface area contributed by atoms with Crippen LogP contribution in [0, 0.1) is 0 Å². The molecule has 0 unspecified atom stereocenters. The SMILES string of the molecule is COc1cc(C(=O)N/N=C/c2cc(Br)c(OCc3ccc(Br)cc3)c(OC)c2)ccc1OCc1ccccc1. The lowest BCUT2D eigenvalue weighted by Crippen LogP contribution is -2.17. The summed E-state index contributed by atoms with van der Waals surface area (Å²) in [6.45, 7) is 0.769. The number of nitrogens with zero attached hydrogens (tertiary/aromatic N) is 1. The van der Waals surface area contributed by atoms with Gasteiger partial charge in [-0.15, -0.1) is 0 Å². The molecule has 4 aromatic rings. The maximum Gasteiger partial charge on any atom is 0.271 e. The van der Waals surface area contributed by atoms with Crippen LogP contribution in [0.3, 0.4) is 0 Å². The van der Waals surface area contributed by atoms with Crippen molar-refractivity contribution in [2.24, 2.45) is 5.10 Å². The molecule has 4 rings (SSSR count). The van der Waals surface area contributed by atoms with Crippen LogP contribution >= 0.6 is 31.9 Å². The zero-order chi connectivity index (χ0) is 27.6. The Labute approximate surface area is 244 Å². The van der Waals surface area contributed by atoms with Gasteiger partial charge in [0.05, 0.1) is 24.9 Å². The van der Waals surface area contributed by atoms with Crippen molar-refractivity contribution in [1.29, 1.82) is 0 Å². The number of benzene rings is 4. The third-order valence-electron chi connectivity index (χ3n) is 5.59. The highest BCUT2D eigenvalue weighted by atomic mass is 79.9. The summed E-state index contributed by atoms with van der Waals surface area (Å²) < 4.78 is 24.5. The summed E-state index contributed by atoms with van der Waals surface area (Å²) in [7, 11) is 3.10. The maximum atomic E-state index is 12.7. The van der Waals surface area contributed by atoms with Crippen LogP contribution in [0.4, 0.5) is 0 Å². The highest BCUT2D eigenvalue weighted by Crippen LogP contribution is 2.37. The molecule has 0 spiro atoms. The zero-order valence-electron chi connectivity index (χ0n) is 21.3. The first-order valence-electron chi connectivity index (χ1n) is 11.9. The first kappa shape index (κ1) is 28.2. The van der Waals surface area contributed by atoms with Crippen molar-refractivity contribution < 1.29 is 23.7 Å². The Morgan fingerprint density at radius 3 is 2.21 bits per heavy atom. The van der Waals surface area contributed by atoms with Crippen molar-refractivity contribution in [3.63, 3.8) is 0 Å². The average molecular weight is 654 g/mol. The Morgan fingerprint density at radius 2 is 1.49 bits per heavy atom. The number of hydrogen-bond donors (Lipinski definition) is 1. The van der Waals surface area contributed by atoms with Gasteiger partial charge in [0.1, 0.15) is 13.2 Å². The largest absolute Gasteiger partial charge is 0.493 e. The second kappa shape index (κ2) is 13.8. The molecule has 0 bridgehead atoms. The minimum atomic E-state index is -0.389. The monoisotopic (exact) mass is 652 g/mol. The lowest BCUT2D eigenvalue weighted by molar-refractivity contribution is 0.0954. The van der Waals surface area contributed by atoms with Gasteiger partial charge in [0.2, 0.25) is 0 Å². The van der Waals surface area contributed by atoms with E-state index in [4.69, 9.17) is 18.9 Å². The number of carbonyl (C=O) groups excluding carboxylic acids is 1. The molecule has 0 aromatic heterocycles. The molecule has 0 aliphatic rings. The topological polar surface area (TPSA) is 78.4 Å². The predicted octanol–water partition coefficient (Wildman–Crippen LogP) is 7.15. The van der Waals surface area contributed by atoms with E-state index < -0.39 is 0 Å². The number of methoxy groups -OCH3 is 2. The fourth-order valence-corrected chi connectivity index (χ4v) is 4.42. The summed E-state index contributed by atoms with van der Waals surface area (Å²) in [6, 6.07) is 26.3. The molecule has 39 heavy (non-hydrogen) atoms. The predicted molar refractivity (Wildman–Crippen MR) is 158 cm³/mol. The summed E-state index contributed by atoms with van der Waals surface area (Å²) in [6.07, 6.45) is 1.53. The van der Waals surface area contributed by atoms with E-state index in [1.807, 2.05) is 60.7 Å². The van der Waals surface area contributed by atoms with E-state index >= 15 is 0 Å². The number of halogens is 2. The van der Waals surface area contributed by atoms with Crippen molar-refractivity contribution in [3.8, 4) is 23.0 Å². The number of ether oxygens (including phenoxy) is 4. The molecule has 0 aliphatic heterocycles. The van der Waals surface area contributed by atoms with Gasteiger partial charge in [-0.2, -0.15) is 5.10 Å². The molecule has 7 nitrogen and oxygen atoms in total. The van der Waals surface area contributed by atoms with E-state index in [1.165, 1.54) is 13.3 Å². The third kappa shape index (κ3) is 7.84. The Morgan fingerprint density at radius 1 is 0.795 bits per heavy atom. The van der Waals surface area contributed by atoms with Gasteiger partial charge in [0.25, 0.3) is 5.91 Å². The second-order valence-electron chi connectivity index (χ2n) is 8.29. The number of rotatable bonds is 11. The molecule has 0 heterocycles. The molecule has 0 fully saturated rings. The summed E-state index contributed by atoms with van der Waals surface area (Å²) in [4.78, 5) is 12.7. The highest BCUT2D eigenvalue weighted by molar-refractivity contribution is 9.10. The van der Waals surface area contributed by atoms with Crippen LogP contribution < -0.4 is 24.4 Å². The normalized spacial score (nSPS) is 10.8. The van der Waals surface area contributed by atoms with Crippen molar-refractivity contribution >= 4 is 44.0 Å². The van der Waals surface area contributed by atoms with Crippen molar-refractivity contribution in [2.75, 3.05) is 14.2 Å². The quantitative estimate of drug-likeness (QED) is 0.137. The first-order valence-corrected chi connectivity index (χ1v) is 13.5. The van der Waals surface area contributed by atoms with E-state index in [0.29, 0.717) is 51.8 Å². The van der Waals surface area contributed by atoms with Gasteiger partial charge in [-0.25, -0.2) is 5.43 Å². The molecule has 9 heteroatoms. The van der Waals surface area contributed by atoms with Gasteiger partial charge in [0, 0.05) is 10.0 Å². The average Bonchev–Trinajstić information content (AvgIpc) is 2.96. The molecule has 0 atom stereocenters. The van der Waals surface area contributed by atoms with E-state index in [9.17, 15) is 4.79 Å². The molecule has 1 amide bonds. The lowest BCUT2D eigenvalue weighted by atomic mass is 10.2. The summed E-state index contributed by atoms with van der Waals surface area (Å²) in [5, 5.41) is 4.10. The van der Waals surface area contributed by atoms with E-state index in [-0.39, 0.29) is 5.91 Å². The lowest BCUT2D eigenvalue weighted by Gasteiger charge is -2.13. The summed E-state index contributed by atoms with van der Waals surface area (Å²) in [5.41, 5.74) is 5.68. The number of hydrazone groups is 1. The van der Waals surface area contributed by atoms with Crippen molar-refractivity contribution in [2.45, 2.75) is 13.2 Å². The second-order valence-corrected chi connectivity index (χ2v) is 10.1. The molecule has 0 saturated heterocycles. The summed E-state index contributed by atoms with van der Waals surface area (Å²) in [5.74, 6) is 1.71. The van der Waals surface area contributed by atoms with Crippen LogP contribution in [0.25, 0.3) is 0 Å². The molecular weight excluding hydrogens is 628 g/mol. The molecule has 0 saturated carbocycles. The Hall–Kier alpha value is -3.82. The number of carbonyl (C=O) groups is 1. The van der Waals surface area contributed by atoms with Crippen LogP contribution in [-0.2, 0) is 13.2 Å². The van der Waals surface area contributed by atoms with Gasteiger partial charge >= 0.3 is 0 Å². The Balaban J connectivity index is 1.38. The molecule has 4 aromatic carbocycles. The molecule has 200 valence electrons. The smallest absolute Gasteiger partial charge is 0.271 e. The molecule has 1 N–H and O–H groups in total. The fraction of sp³-hybridized carbons (Fsp3) is 0.133. The Kier molecular flexibility index (Phi) is 9.99. The van der Waals surface area contributed by atoms with E-state index in [1.54, 1.807) is 31.4 Å². The zero-order valence-corrected chi connectivity index (χ0v) is 24.5. The van der Waals surface area contributed by atoms with Gasteiger partial charge < -0.3 is 18.9 Å². The van der Waals surface area contributed by atoms with Crippen LogP contribution in [0.15, 0.2) is 99.0 Å². The molecule has 0 aliphatic carbocycles. The number of hydrogen-bond acceptors (Lipinski definition) is 6. The first-order chi connectivity index (χ1) is 19.0. The van der Waals surface area contributed by atoms with Crippen molar-refractivity contribution in [1.82, 2.24) is 5.43 Å². The minimum absolute atomic E-state index is 0.380. The van der Waals surface area contributed by atoms with Crippen LogP contribution in [0.2, 0.25) is 0 Å². The summed E-state index contributed by atoms with van der Waals surface area (Å²) >= 11 is 6.98. The Bertz CT molecular complexity index is 1440. The molecular formula is C30H26Br2N2O5. The maximum absolute atomic E-state index is 12.7. The fourth-order valence-electron chi connectivity index (χ4n) is 3.58. The van der Waals surface area contributed by atoms with E-state index in [0.717, 1.165) is 15.6 Å². The number of nitrogens with one attached hydrogen (secondary N) is 1. The van der Waals surface area contributed by atoms with Crippen molar-refractivity contribution in [3.05, 3.63) is 116 Å². The van der Waals surface area contributed by atoms with Crippen LogP contribution in [0.1, 0.15) is 27.0 Å². The van der Waals surface area contributed by atoms with Gasteiger partial charge in [-0.3, -0.25) is 4.79 Å². The van der Waals surface area contributed by atoms with E-state index in [2.05, 4.69) is 42.4 Å². The standard InChI is InChI=1S/C30H26Br2N2O5/c1-36-27-16-23(10-13-26(27)38-18-20-6-4-3-5-7-20)30(35)34-33-17-22-14-25(32)29(28(15-22)37-2)39-19-21-8-11-24(31)12-9-21/h3-17H,18-19H2,1-2H3,(H,34,35)/b33-17+. The molecule has 0 radical (unpaired) electrons. The van der Waals surface area contributed by atoms with Gasteiger partial charge in [0.15, 0.2) is 23.0 Å². The van der Waals surface area contributed by atoms with Gasteiger partial charge in [-0.1, -0.05) is 58.4 Å².